The molecule has 0 aliphatic carbocycles. The van der Waals surface area contributed by atoms with Crippen molar-refractivity contribution in [2.75, 3.05) is 6.61 Å². The number of carbonyl (C=O) groups is 2. The van der Waals surface area contributed by atoms with Gasteiger partial charge in [0.25, 0.3) is 5.56 Å². The molecular weight excluding hydrogens is 272 g/mol. The van der Waals surface area contributed by atoms with Crippen LogP contribution in [0.25, 0.3) is 0 Å². The number of Topliss-reactive ketones (excluding diaryl/α,β-unsaturated/α-hetero) is 1. The molecule has 2 rings (SSSR count). The van der Waals surface area contributed by atoms with Crippen molar-refractivity contribution in [1.82, 2.24) is 9.78 Å². The fraction of sp³-hybridized carbons (Fsp3) is 0.200. The highest BCUT2D eigenvalue weighted by molar-refractivity contribution is 5.99. The Labute approximate surface area is 121 Å². The Morgan fingerprint density at radius 2 is 1.81 bits per heavy atom. The second-order valence-electron chi connectivity index (χ2n) is 4.55. The maximum absolute atomic E-state index is 11.9. The molecule has 6 nitrogen and oxygen atoms in total. The van der Waals surface area contributed by atoms with E-state index in [0.717, 1.165) is 10.2 Å². The highest BCUT2D eigenvalue weighted by Gasteiger charge is 2.13. The van der Waals surface area contributed by atoms with Crippen LogP contribution in [0.5, 0.6) is 0 Å². The normalized spacial score (nSPS) is 10.2. The zero-order chi connectivity index (χ0) is 15.4. The van der Waals surface area contributed by atoms with Crippen LogP contribution in [0.3, 0.4) is 0 Å². The highest BCUT2D eigenvalue weighted by Crippen LogP contribution is 2.05. The summed E-state index contributed by atoms with van der Waals surface area (Å²) < 4.78 is 5.93. The highest BCUT2D eigenvalue weighted by atomic mass is 16.5. The molecular formula is C15H14N2O4. The van der Waals surface area contributed by atoms with Crippen LogP contribution < -0.4 is 5.56 Å². The van der Waals surface area contributed by atoms with Crippen molar-refractivity contribution in [2.45, 2.75) is 6.92 Å². The minimum atomic E-state index is -0.744. The van der Waals surface area contributed by atoms with Crippen LogP contribution in [-0.2, 0) is 11.8 Å². The van der Waals surface area contributed by atoms with E-state index in [1.54, 1.807) is 12.1 Å². The molecule has 0 radical (unpaired) electrons. The van der Waals surface area contributed by atoms with E-state index in [4.69, 9.17) is 4.74 Å². The standard InChI is InChI=1S/C15H14N2O4/c1-10-3-5-11(6-4-10)13(18)9-21-15(20)12-7-8-14(19)17(2)16-12/h3-8H,9H2,1-2H3. The Bertz CT molecular complexity index is 732. The van der Waals surface area contributed by atoms with E-state index in [2.05, 4.69) is 5.10 Å². The van der Waals surface area contributed by atoms with Crippen molar-refractivity contribution in [1.29, 1.82) is 0 Å². The number of hydrogen-bond donors (Lipinski definition) is 0. The predicted molar refractivity (Wildman–Crippen MR) is 75.3 cm³/mol. The summed E-state index contributed by atoms with van der Waals surface area (Å²) in [6.07, 6.45) is 0. The third-order valence-corrected chi connectivity index (χ3v) is 2.88. The monoisotopic (exact) mass is 286 g/mol. The molecule has 0 saturated heterocycles. The molecule has 0 fully saturated rings. The molecule has 1 aromatic carbocycles. The van der Waals surface area contributed by atoms with Gasteiger partial charge in [-0.1, -0.05) is 29.8 Å². The Balaban J connectivity index is 2.00. The van der Waals surface area contributed by atoms with Crippen LogP contribution in [0.4, 0.5) is 0 Å². The second-order valence-corrected chi connectivity index (χ2v) is 4.55. The quantitative estimate of drug-likeness (QED) is 0.622. The second kappa shape index (κ2) is 6.13. The average molecular weight is 286 g/mol. The number of hydrogen-bond acceptors (Lipinski definition) is 5. The van der Waals surface area contributed by atoms with Crippen molar-refractivity contribution in [2.24, 2.45) is 7.05 Å². The van der Waals surface area contributed by atoms with Crippen LogP contribution in [0.2, 0.25) is 0 Å². The van der Waals surface area contributed by atoms with Crippen molar-refractivity contribution in [3.8, 4) is 0 Å². The van der Waals surface area contributed by atoms with Crippen molar-refractivity contribution >= 4 is 11.8 Å². The van der Waals surface area contributed by atoms with E-state index in [9.17, 15) is 14.4 Å². The summed E-state index contributed by atoms with van der Waals surface area (Å²) in [5, 5.41) is 3.75. The first-order valence-electron chi connectivity index (χ1n) is 6.29. The first-order valence-corrected chi connectivity index (χ1v) is 6.29. The lowest BCUT2D eigenvalue weighted by molar-refractivity contribution is 0.0466. The predicted octanol–water partition coefficient (Wildman–Crippen LogP) is 1.13. The number of carbonyl (C=O) groups excluding carboxylic acids is 2. The maximum atomic E-state index is 11.9. The fourth-order valence-corrected chi connectivity index (χ4v) is 1.64. The molecule has 0 saturated carbocycles. The summed E-state index contributed by atoms with van der Waals surface area (Å²) in [5.74, 6) is -1.04. The summed E-state index contributed by atoms with van der Waals surface area (Å²) in [5.41, 5.74) is 1.16. The van der Waals surface area contributed by atoms with Crippen LogP contribution in [0.15, 0.2) is 41.2 Å². The number of aromatic nitrogens is 2. The molecule has 0 unspecified atom stereocenters. The molecule has 0 spiro atoms. The first kappa shape index (κ1) is 14.6. The van der Waals surface area contributed by atoms with Crippen molar-refractivity contribution < 1.29 is 14.3 Å². The number of benzene rings is 1. The molecule has 0 N–H and O–H groups in total. The Kier molecular flexibility index (Phi) is 4.27. The molecule has 0 atom stereocenters. The largest absolute Gasteiger partial charge is 0.453 e. The summed E-state index contributed by atoms with van der Waals surface area (Å²) in [6, 6.07) is 9.45. The van der Waals surface area contributed by atoms with Crippen LogP contribution in [0.1, 0.15) is 26.4 Å². The molecule has 1 heterocycles. The number of rotatable bonds is 4. The van der Waals surface area contributed by atoms with Gasteiger partial charge in [0.05, 0.1) is 0 Å². The number of ether oxygens (including phenoxy) is 1. The topological polar surface area (TPSA) is 78.3 Å². The van der Waals surface area contributed by atoms with Gasteiger partial charge in [0.15, 0.2) is 18.1 Å². The Morgan fingerprint density at radius 1 is 1.14 bits per heavy atom. The zero-order valence-corrected chi connectivity index (χ0v) is 11.7. The fourth-order valence-electron chi connectivity index (χ4n) is 1.64. The van der Waals surface area contributed by atoms with Crippen LogP contribution in [-0.4, -0.2) is 28.1 Å². The van der Waals surface area contributed by atoms with E-state index in [1.165, 1.54) is 19.2 Å². The van der Waals surface area contributed by atoms with Crippen LogP contribution >= 0.6 is 0 Å². The SMILES string of the molecule is Cc1ccc(C(=O)COC(=O)c2ccc(=O)n(C)n2)cc1. The summed E-state index contributed by atoms with van der Waals surface area (Å²) in [7, 11) is 1.43. The Hall–Kier alpha value is -2.76. The smallest absolute Gasteiger partial charge is 0.359 e. The average Bonchev–Trinajstić information content (AvgIpc) is 2.48. The molecule has 0 aliphatic rings. The zero-order valence-electron chi connectivity index (χ0n) is 11.7. The third kappa shape index (κ3) is 3.62. The molecule has 0 aliphatic heterocycles. The number of aryl methyl sites for hydroxylation is 2. The molecule has 21 heavy (non-hydrogen) atoms. The number of ketones is 1. The van der Waals surface area contributed by atoms with Gasteiger partial charge in [0.2, 0.25) is 0 Å². The number of esters is 1. The Morgan fingerprint density at radius 3 is 2.43 bits per heavy atom. The molecule has 108 valence electrons. The van der Waals surface area contributed by atoms with Gasteiger partial charge in [0, 0.05) is 18.7 Å². The van der Waals surface area contributed by atoms with E-state index < -0.39 is 5.97 Å². The third-order valence-electron chi connectivity index (χ3n) is 2.88. The number of nitrogens with zero attached hydrogens (tertiary/aromatic N) is 2. The molecule has 2 aromatic rings. The van der Waals surface area contributed by atoms with Crippen molar-refractivity contribution in [3.63, 3.8) is 0 Å². The van der Waals surface area contributed by atoms with Gasteiger partial charge < -0.3 is 4.74 Å². The minimum absolute atomic E-state index is 0.0196. The first-order chi connectivity index (χ1) is 9.97. The molecule has 1 aromatic heterocycles. The molecule has 0 bridgehead atoms. The summed E-state index contributed by atoms with van der Waals surface area (Å²) in [4.78, 5) is 34.8. The lowest BCUT2D eigenvalue weighted by Gasteiger charge is -2.05. The lowest BCUT2D eigenvalue weighted by atomic mass is 10.1. The summed E-state index contributed by atoms with van der Waals surface area (Å²) >= 11 is 0. The van der Waals surface area contributed by atoms with Crippen LogP contribution in [0, 0.1) is 6.92 Å². The van der Waals surface area contributed by atoms with Gasteiger partial charge in [-0.15, -0.1) is 0 Å². The van der Waals surface area contributed by atoms with Crippen molar-refractivity contribution in [3.05, 3.63) is 63.6 Å². The van der Waals surface area contributed by atoms with E-state index >= 15 is 0 Å². The van der Waals surface area contributed by atoms with Gasteiger partial charge in [-0.2, -0.15) is 5.10 Å². The van der Waals surface area contributed by atoms with Gasteiger partial charge in [-0.25, -0.2) is 9.48 Å². The van der Waals surface area contributed by atoms with E-state index in [0.29, 0.717) is 5.56 Å². The van der Waals surface area contributed by atoms with E-state index in [-0.39, 0.29) is 23.6 Å². The van der Waals surface area contributed by atoms with Gasteiger partial charge in [-0.3, -0.25) is 9.59 Å². The van der Waals surface area contributed by atoms with Gasteiger partial charge in [-0.05, 0) is 13.0 Å². The molecule has 0 amide bonds. The van der Waals surface area contributed by atoms with Gasteiger partial charge >= 0.3 is 5.97 Å². The van der Waals surface area contributed by atoms with Gasteiger partial charge in [0.1, 0.15) is 0 Å². The lowest BCUT2D eigenvalue weighted by Crippen LogP contribution is -2.23. The molecule has 6 heteroatoms. The minimum Gasteiger partial charge on any atom is -0.453 e. The van der Waals surface area contributed by atoms with E-state index in [1.807, 2.05) is 19.1 Å². The summed E-state index contributed by atoms with van der Waals surface area (Å²) in [6.45, 7) is 1.55. The maximum Gasteiger partial charge on any atom is 0.359 e.